The van der Waals surface area contributed by atoms with Crippen molar-refractivity contribution in [3.63, 3.8) is 0 Å². The third-order valence-electron chi connectivity index (χ3n) is 3.41. The zero-order valence-electron chi connectivity index (χ0n) is 11.2. The molecule has 0 saturated heterocycles. The van der Waals surface area contributed by atoms with Crippen LogP contribution in [0.1, 0.15) is 18.9 Å². The quantitative estimate of drug-likeness (QED) is 0.851. The van der Waals surface area contributed by atoms with Crippen LogP contribution < -0.4 is 5.73 Å². The van der Waals surface area contributed by atoms with E-state index in [0.29, 0.717) is 0 Å². The molecule has 18 heavy (non-hydrogen) atoms. The van der Waals surface area contributed by atoms with E-state index in [2.05, 4.69) is 42.0 Å². The van der Waals surface area contributed by atoms with Crippen molar-refractivity contribution in [3.05, 3.63) is 36.0 Å². The number of para-hydroxylation sites is 1. The Morgan fingerprint density at radius 1 is 1.33 bits per heavy atom. The van der Waals surface area contributed by atoms with Crippen molar-refractivity contribution < 1.29 is 4.74 Å². The van der Waals surface area contributed by atoms with Crippen LogP contribution in [0.4, 0.5) is 0 Å². The Kier molecular flexibility index (Phi) is 4.39. The molecule has 2 N–H and O–H groups in total. The van der Waals surface area contributed by atoms with Crippen molar-refractivity contribution in [1.29, 1.82) is 0 Å². The number of benzene rings is 1. The Morgan fingerprint density at radius 2 is 2.11 bits per heavy atom. The summed E-state index contributed by atoms with van der Waals surface area (Å²) in [5.74, 6) is 0. The molecule has 98 valence electrons. The zero-order chi connectivity index (χ0) is 13.0. The number of ether oxygens (including phenoxy) is 1. The van der Waals surface area contributed by atoms with Gasteiger partial charge in [-0.2, -0.15) is 0 Å². The molecule has 1 atom stereocenters. The van der Waals surface area contributed by atoms with E-state index in [-0.39, 0.29) is 6.04 Å². The molecule has 1 aromatic heterocycles. The SMILES string of the molecule is CCC(N)Cc1cn(CCOC)c2ccccc12. The minimum Gasteiger partial charge on any atom is -0.383 e. The first-order valence-corrected chi connectivity index (χ1v) is 6.57. The minimum atomic E-state index is 0.242. The molecule has 0 amide bonds. The highest BCUT2D eigenvalue weighted by Gasteiger charge is 2.10. The molecular formula is C15H22N2O. The molecule has 1 aromatic carbocycles. The van der Waals surface area contributed by atoms with Gasteiger partial charge < -0.3 is 15.0 Å². The average Bonchev–Trinajstić information content (AvgIpc) is 2.75. The molecule has 3 heteroatoms. The molecule has 0 spiro atoms. The van der Waals surface area contributed by atoms with Crippen molar-refractivity contribution in [2.24, 2.45) is 5.73 Å². The van der Waals surface area contributed by atoms with Gasteiger partial charge in [0.25, 0.3) is 0 Å². The molecule has 0 fully saturated rings. The Labute approximate surface area is 109 Å². The van der Waals surface area contributed by atoms with Gasteiger partial charge in [-0.1, -0.05) is 25.1 Å². The lowest BCUT2D eigenvalue weighted by Crippen LogP contribution is -2.21. The van der Waals surface area contributed by atoms with Crippen molar-refractivity contribution in [2.75, 3.05) is 13.7 Å². The highest BCUT2D eigenvalue weighted by Crippen LogP contribution is 2.22. The normalized spacial score (nSPS) is 13.1. The van der Waals surface area contributed by atoms with E-state index in [1.54, 1.807) is 7.11 Å². The maximum Gasteiger partial charge on any atom is 0.0641 e. The van der Waals surface area contributed by atoms with Crippen molar-refractivity contribution in [1.82, 2.24) is 4.57 Å². The van der Waals surface area contributed by atoms with Gasteiger partial charge in [-0.15, -0.1) is 0 Å². The van der Waals surface area contributed by atoms with Crippen LogP contribution in [0.5, 0.6) is 0 Å². The summed E-state index contributed by atoms with van der Waals surface area (Å²) >= 11 is 0. The van der Waals surface area contributed by atoms with Crippen LogP contribution in [-0.4, -0.2) is 24.3 Å². The number of hydrogen-bond acceptors (Lipinski definition) is 2. The summed E-state index contributed by atoms with van der Waals surface area (Å²) in [6, 6.07) is 8.74. The molecule has 2 aromatic rings. The molecular weight excluding hydrogens is 224 g/mol. The minimum absolute atomic E-state index is 0.242. The maximum atomic E-state index is 6.07. The molecule has 0 radical (unpaired) electrons. The maximum absolute atomic E-state index is 6.07. The molecule has 1 unspecified atom stereocenters. The van der Waals surface area contributed by atoms with Crippen LogP contribution in [0, 0.1) is 0 Å². The van der Waals surface area contributed by atoms with E-state index in [1.165, 1.54) is 16.5 Å². The zero-order valence-corrected chi connectivity index (χ0v) is 11.2. The summed E-state index contributed by atoms with van der Waals surface area (Å²) in [4.78, 5) is 0. The van der Waals surface area contributed by atoms with Crippen LogP contribution in [0.2, 0.25) is 0 Å². The van der Waals surface area contributed by atoms with Gasteiger partial charge in [0.2, 0.25) is 0 Å². The second kappa shape index (κ2) is 6.03. The van der Waals surface area contributed by atoms with Crippen LogP contribution in [0.25, 0.3) is 10.9 Å². The predicted molar refractivity (Wildman–Crippen MR) is 75.8 cm³/mol. The number of nitrogens with zero attached hydrogens (tertiary/aromatic N) is 1. The van der Waals surface area contributed by atoms with E-state index in [9.17, 15) is 0 Å². The van der Waals surface area contributed by atoms with Gasteiger partial charge in [0.05, 0.1) is 6.61 Å². The van der Waals surface area contributed by atoms with Crippen molar-refractivity contribution >= 4 is 10.9 Å². The van der Waals surface area contributed by atoms with E-state index >= 15 is 0 Å². The fourth-order valence-electron chi connectivity index (χ4n) is 2.29. The van der Waals surface area contributed by atoms with Crippen molar-refractivity contribution in [3.8, 4) is 0 Å². The van der Waals surface area contributed by atoms with Gasteiger partial charge in [-0.05, 0) is 24.5 Å². The Bertz CT molecular complexity index is 504. The summed E-state index contributed by atoms with van der Waals surface area (Å²) in [6.07, 6.45) is 4.17. The van der Waals surface area contributed by atoms with Crippen LogP contribution in [0.15, 0.2) is 30.5 Å². The molecule has 0 aliphatic carbocycles. The largest absolute Gasteiger partial charge is 0.383 e. The third kappa shape index (κ3) is 2.74. The summed E-state index contributed by atoms with van der Waals surface area (Å²) < 4.78 is 7.42. The number of hydrogen-bond donors (Lipinski definition) is 1. The number of rotatable bonds is 6. The fraction of sp³-hybridized carbons (Fsp3) is 0.467. The fourth-order valence-corrected chi connectivity index (χ4v) is 2.29. The Morgan fingerprint density at radius 3 is 2.83 bits per heavy atom. The second-order valence-corrected chi connectivity index (χ2v) is 4.73. The molecule has 1 heterocycles. The number of methoxy groups -OCH3 is 1. The summed E-state index contributed by atoms with van der Waals surface area (Å²) in [7, 11) is 1.74. The number of aromatic nitrogens is 1. The smallest absolute Gasteiger partial charge is 0.0641 e. The lowest BCUT2D eigenvalue weighted by atomic mass is 10.0. The van der Waals surface area contributed by atoms with Crippen molar-refractivity contribution in [2.45, 2.75) is 32.4 Å². The molecule has 0 aliphatic heterocycles. The number of fused-ring (bicyclic) bond motifs is 1. The van der Waals surface area contributed by atoms with Gasteiger partial charge in [0.15, 0.2) is 0 Å². The standard InChI is InChI=1S/C15H22N2O/c1-3-13(16)10-12-11-17(8-9-18-2)15-7-5-4-6-14(12)15/h4-7,11,13H,3,8-10,16H2,1-2H3. The highest BCUT2D eigenvalue weighted by molar-refractivity contribution is 5.84. The first-order valence-electron chi connectivity index (χ1n) is 6.57. The van der Waals surface area contributed by atoms with Crippen LogP contribution in [0.3, 0.4) is 0 Å². The third-order valence-corrected chi connectivity index (χ3v) is 3.41. The number of nitrogens with two attached hydrogens (primary N) is 1. The Balaban J connectivity index is 2.34. The second-order valence-electron chi connectivity index (χ2n) is 4.73. The van der Waals surface area contributed by atoms with Gasteiger partial charge >= 0.3 is 0 Å². The van der Waals surface area contributed by atoms with E-state index in [4.69, 9.17) is 10.5 Å². The lowest BCUT2D eigenvalue weighted by Gasteiger charge is -2.06. The van der Waals surface area contributed by atoms with E-state index in [0.717, 1.165) is 26.0 Å². The first kappa shape index (κ1) is 13.1. The summed E-state index contributed by atoms with van der Waals surface area (Å²) in [5.41, 5.74) is 8.69. The molecule has 2 rings (SSSR count). The first-order chi connectivity index (χ1) is 8.76. The van der Waals surface area contributed by atoms with E-state index in [1.807, 2.05) is 0 Å². The molecule has 0 aliphatic rings. The molecule has 0 bridgehead atoms. The van der Waals surface area contributed by atoms with Gasteiger partial charge in [-0.25, -0.2) is 0 Å². The summed E-state index contributed by atoms with van der Waals surface area (Å²) in [5, 5.41) is 1.32. The van der Waals surface area contributed by atoms with Gasteiger partial charge in [0.1, 0.15) is 0 Å². The molecule has 3 nitrogen and oxygen atoms in total. The highest BCUT2D eigenvalue weighted by atomic mass is 16.5. The van der Waals surface area contributed by atoms with Gasteiger partial charge in [0, 0.05) is 36.8 Å². The molecule has 0 saturated carbocycles. The van der Waals surface area contributed by atoms with Crippen LogP contribution >= 0.6 is 0 Å². The summed E-state index contributed by atoms with van der Waals surface area (Å²) in [6.45, 7) is 3.76. The average molecular weight is 246 g/mol. The lowest BCUT2D eigenvalue weighted by molar-refractivity contribution is 0.188. The Hall–Kier alpha value is -1.32. The topological polar surface area (TPSA) is 40.2 Å². The predicted octanol–water partition coefficient (Wildman–Crippen LogP) is 2.57. The van der Waals surface area contributed by atoms with Gasteiger partial charge in [-0.3, -0.25) is 0 Å². The van der Waals surface area contributed by atoms with Crippen LogP contribution in [-0.2, 0) is 17.7 Å². The van der Waals surface area contributed by atoms with E-state index < -0.39 is 0 Å². The monoisotopic (exact) mass is 246 g/mol.